The highest BCUT2D eigenvalue weighted by molar-refractivity contribution is 7.26. The van der Waals surface area contributed by atoms with Gasteiger partial charge in [-0.3, -0.25) is 0 Å². The molecule has 0 bridgehead atoms. The summed E-state index contributed by atoms with van der Waals surface area (Å²) >= 11 is 1.98. The van der Waals surface area contributed by atoms with Gasteiger partial charge in [0, 0.05) is 32.6 Å². The van der Waals surface area contributed by atoms with Crippen LogP contribution >= 0.6 is 11.3 Å². The number of hydrogen-bond acceptors (Lipinski definition) is 2. The van der Waals surface area contributed by atoms with Gasteiger partial charge in [-0.15, -0.1) is 11.3 Å². The van der Waals surface area contributed by atoms with Crippen LogP contribution in [0.4, 0.5) is 17.1 Å². The number of hydrogen-bond donors (Lipinski definition) is 0. The zero-order valence-electron chi connectivity index (χ0n) is 43.9. The normalized spacial score (nSPS) is 18.0. The molecule has 0 saturated carbocycles. The first-order valence-electron chi connectivity index (χ1n) is 26.6. The summed E-state index contributed by atoms with van der Waals surface area (Å²) in [6.07, 6.45) is 13.8. The van der Waals surface area contributed by atoms with Crippen molar-refractivity contribution in [2.75, 3.05) is 4.90 Å². The van der Waals surface area contributed by atoms with Crippen molar-refractivity contribution in [2.45, 2.75) is 122 Å². The van der Waals surface area contributed by atoms with Gasteiger partial charge in [-0.25, -0.2) is 0 Å². The van der Waals surface area contributed by atoms with E-state index < -0.39 is 0 Å². The predicted molar refractivity (Wildman–Crippen MR) is 314 cm³/mol. The first-order valence-corrected chi connectivity index (χ1v) is 27.4. The van der Waals surface area contributed by atoms with Crippen molar-refractivity contribution in [1.82, 2.24) is 0 Å². The number of allylic oxidation sites excluding steroid dienone is 5. The number of rotatable bonds is 9. The highest BCUT2D eigenvalue weighted by atomic mass is 32.1. The summed E-state index contributed by atoms with van der Waals surface area (Å²) in [7, 11) is 0. The quantitative estimate of drug-likeness (QED) is 0.103. The molecular formula is C69H68BNS. The number of thiophene rings is 1. The van der Waals surface area contributed by atoms with Crippen LogP contribution in [0.5, 0.6) is 0 Å². The molecule has 0 fully saturated rings. The Kier molecular flexibility index (Phi) is 11.1. The Balaban J connectivity index is 1.22. The zero-order valence-corrected chi connectivity index (χ0v) is 44.7. The van der Waals surface area contributed by atoms with E-state index in [-0.39, 0.29) is 34.3 Å². The summed E-state index contributed by atoms with van der Waals surface area (Å²) in [5.41, 5.74) is 25.0. The molecule has 1 unspecified atom stereocenters. The maximum atomic E-state index is 3.95. The third-order valence-electron chi connectivity index (χ3n) is 17.8. The molecule has 12 rings (SSSR count). The lowest BCUT2D eigenvalue weighted by Crippen LogP contribution is -2.60. The molecule has 0 saturated heterocycles. The third kappa shape index (κ3) is 7.47. The van der Waals surface area contributed by atoms with Gasteiger partial charge in [0.2, 0.25) is 6.71 Å². The van der Waals surface area contributed by atoms with Crippen LogP contribution < -0.4 is 21.3 Å². The topological polar surface area (TPSA) is 3.24 Å². The summed E-state index contributed by atoms with van der Waals surface area (Å²) in [5, 5.41) is 1.41. The molecule has 72 heavy (non-hydrogen) atoms. The second-order valence-electron chi connectivity index (χ2n) is 24.2. The van der Waals surface area contributed by atoms with Crippen molar-refractivity contribution in [1.29, 1.82) is 0 Å². The molecule has 0 amide bonds. The molecule has 7 aromatic carbocycles. The van der Waals surface area contributed by atoms with Gasteiger partial charge in [0.15, 0.2) is 0 Å². The van der Waals surface area contributed by atoms with Crippen molar-refractivity contribution < 1.29 is 0 Å². The Labute approximate surface area is 434 Å². The molecule has 1 aromatic heterocycles. The van der Waals surface area contributed by atoms with Crippen molar-refractivity contribution in [3.63, 3.8) is 0 Å². The minimum Gasteiger partial charge on any atom is -0.311 e. The van der Waals surface area contributed by atoms with Gasteiger partial charge in [0.25, 0.3) is 0 Å². The standard InChI is InChI=1S/C69H68BNS/c1-11-12-15-23-44(2)49-28-20-21-29-51(49)65-64-62-50(30-22-31-61(62)72-65)53-39-47(52(46-26-18-14-19-27-46)38-45-24-16-13-17-25-45)40-60-63(53)70(64)58-42-56-57(69(9,10)37-36-68(56,7)8)43-59(58)71(60)48-32-33-54-55(41-48)67(5,6)35-34-66(54,3)4/h11-33,39-43,52H,1,34-38H2,2-10H3/b15-12-,44-23+. The molecule has 0 spiro atoms. The Morgan fingerprint density at radius 3 is 1.92 bits per heavy atom. The van der Waals surface area contributed by atoms with Crippen LogP contribution in [0.15, 0.2) is 176 Å². The first kappa shape index (κ1) is 46.6. The Morgan fingerprint density at radius 1 is 0.583 bits per heavy atom. The van der Waals surface area contributed by atoms with Gasteiger partial charge in [-0.1, -0.05) is 202 Å². The highest BCUT2D eigenvalue weighted by Crippen LogP contribution is 2.53. The van der Waals surface area contributed by atoms with Gasteiger partial charge < -0.3 is 4.90 Å². The fourth-order valence-electron chi connectivity index (χ4n) is 13.4. The Hall–Kier alpha value is -6.42. The van der Waals surface area contributed by atoms with Crippen molar-refractivity contribution in [3.05, 3.63) is 221 Å². The summed E-state index contributed by atoms with van der Waals surface area (Å²) in [6.45, 7) is 26.1. The number of benzene rings is 7. The molecule has 3 heterocycles. The molecule has 1 nitrogen and oxygen atoms in total. The van der Waals surface area contributed by atoms with Gasteiger partial charge in [0.05, 0.1) is 0 Å². The van der Waals surface area contributed by atoms with E-state index in [4.69, 9.17) is 0 Å². The summed E-state index contributed by atoms with van der Waals surface area (Å²) < 4.78 is 1.35. The van der Waals surface area contributed by atoms with E-state index in [2.05, 4.69) is 232 Å². The minimum atomic E-state index is 0.00962. The van der Waals surface area contributed by atoms with Crippen LogP contribution in [-0.2, 0) is 28.1 Å². The monoisotopic (exact) mass is 954 g/mol. The molecule has 2 aliphatic carbocycles. The lowest BCUT2D eigenvalue weighted by molar-refractivity contribution is 0.332. The highest BCUT2D eigenvalue weighted by Gasteiger charge is 2.47. The molecule has 1 atom stereocenters. The van der Waals surface area contributed by atoms with Crippen LogP contribution in [0.2, 0.25) is 0 Å². The third-order valence-corrected chi connectivity index (χ3v) is 19.0. The fourth-order valence-corrected chi connectivity index (χ4v) is 14.7. The molecule has 0 radical (unpaired) electrons. The predicted octanol–water partition coefficient (Wildman–Crippen LogP) is 17.1. The van der Waals surface area contributed by atoms with Crippen molar-refractivity contribution >= 4 is 67.2 Å². The lowest BCUT2D eigenvalue weighted by Gasteiger charge is -2.47. The minimum absolute atomic E-state index is 0.00962. The van der Waals surface area contributed by atoms with Crippen LogP contribution in [0.1, 0.15) is 138 Å². The van der Waals surface area contributed by atoms with Gasteiger partial charge >= 0.3 is 0 Å². The van der Waals surface area contributed by atoms with E-state index in [9.17, 15) is 0 Å². The van der Waals surface area contributed by atoms with Crippen LogP contribution in [0.25, 0.3) is 37.2 Å². The average molecular weight is 954 g/mol. The summed E-state index contributed by atoms with van der Waals surface area (Å²) in [5.74, 6) is 0.138. The van der Waals surface area contributed by atoms with Gasteiger partial charge in [0.1, 0.15) is 0 Å². The largest absolute Gasteiger partial charge is 0.311 e. The molecule has 8 aromatic rings. The van der Waals surface area contributed by atoms with E-state index in [1.54, 1.807) is 0 Å². The second kappa shape index (κ2) is 17.1. The SMILES string of the molecule is C=C/C=C\C=C(/C)c1ccccc1-c1sc2cccc3c2c1B1c2cc4c(cc2N(c2ccc5c(c2)C(C)(C)CCC5(C)C)c2cc(C(Cc5ccccc5)c5ccccc5)cc-3c21)C(C)(C)CCC4(C)C. The van der Waals surface area contributed by atoms with Crippen LogP contribution in [0.3, 0.4) is 0 Å². The van der Waals surface area contributed by atoms with E-state index >= 15 is 0 Å². The van der Waals surface area contributed by atoms with E-state index in [0.29, 0.717) is 0 Å². The van der Waals surface area contributed by atoms with Crippen LogP contribution in [-0.4, -0.2) is 6.71 Å². The second-order valence-corrected chi connectivity index (χ2v) is 25.2. The number of anilines is 3. The van der Waals surface area contributed by atoms with E-state index in [1.807, 2.05) is 23.5 Å². The van der Waals surface area contributed by atoms with Gasteiger partial charge in [-0.05, 0) is 180 Å². The van der Waals surface area contributed by atoms with E-state index in [1.165, 1.54) is 134 Å². The molecule has 2 aliphatic heterocycles. The maximum absolute atomic E-state index is 3.95. The Bertz CT molecular complexity index is 3540. The molecule has 358 valence electrons. The molecular weight excluding hydrogens is 886 g/mol. The summed E-state index contributed by atoms with van der Waals surface area (Å²) in [6, 6.07) is 57.0. The maximum Gasteiger partial charge on any atom is 0.250 e. The Morgan fingerprint density at radius 2 is 1.21 bits per heavy atom. The van der Waals surface area contributed by atoms with Crippen molar-refractivity contribution in [3.8, 4) is 21.6 Å². The van der Waals surface area contributed by atoms with Crippen molar-refractivity contribution in [2.24, 2.45) is 0 Å². The zero-order chi connectivity index (χ0) is 49.9. The number of fused-ring (bicyclic) bond motifs is 6. The number of nitrogens with zero attached hydrogens (tertiary/aromatic N) is 1. The molecule has 0 N–H and O–H groups in total. The summed E-state index contributed by atoms with van der Waals surface area (Å²) in [4.78, 5) is 4.12. The molecule has 3 heteroatoms. The van der Waals surface area contributed by atoms with Crippen LogP contribution in [0, 0.1) is 0 Å². The fraction of sp³-hybridized carbons (Fsp3) is 0.275. The smallest absolute Gasteiger partial charge is 0.250 e. The first-order chi connectivity index (χ1) is 34.6. The average Bonchev–Trinajstić information content (AvgIpc) is 3.77. The van der Waals surface area contributed by atoms with E-state index in [0.717, 1.165) is 12.8 Å². The lowest BCUT2D eigenvalue weighted by atomic mass is 9.31. The molecule has 4 aliphatic rings. The van der Waals surface area contributed by atoms with Gasteiger partial charge in [-0.2, -0.15) is 0 Å².